The number of nitrogens with one attached hydrogen (secondary N) is 1. The van der Waals surface area contributed by atoms with Gasteiger partial charge in [0.2, 0.25) is 5.91 Å². The van der Waals surface area contributed by atoms with Gasteiger partial charge in [0.25, 0.3) is 0 Å². The van der Waals surface area contributed by atoms with Crippen molar-refractivity contribution < 1.29 is 89.4 Å². The van der Waals surface area contributed by atoms with E-state index in [-0.39, 0.29) is 18.9 Å². The summed E-state index contributed by atoms with van der Waals surface area (Å²) < 4.78 is 34.5. The molecular weight excluding hydrogens is 1170 g/mol. The molecule has 0 bridgehead atoms. The van der Waals surface area contributed by atoms with Crippen LogP contribution in [-0.2, 0) is 33.2 Å². The Labute approximate surface area is 551 Å². The van der Waals surface area contributed by atoms with Crippen molar-refractivity contribution in [2.24, 2.45) is 0 Å². The third kappa shape index (κ3) is 36.3. The lowest BCUT2D eigenvalue weighted by Gasteiger charge is -2.48. The molecule has 3 aliphatic rings. The zero-order valence-corrected chi connectivity index (χ0v) is 57.4. The van der Waals surface area contributed by atoms with Crippen molar-refractivity contribution in [3.05, 3.63) is 0 Å². The van der Waals surface area contributed by atoms with Crippen molar-refractivity contribution in [1.29, 1.82) is 0 Å². The third-order valence-corrected chi connectivity index (χ3v) is 19.4. The van der Waals surface area contributed by atoms with Crippen LogP contribution < -0.4 is 5.32 Å². The molecule has 19 nitrogen and oxygen atoms in total. The molecule has 0 aromatic carbocycles. The molecule has 0 aromatic rings. The van der Waals surface area contributed by atoms with Crippen molar-refractivity contribution in [2.75, 3.05) is 26.4 Å². The maximum Gasteiger partial charge on any atom is 0.220 e. The monoisotopic (exact) mass is 1310 g/mol. The van der Waals surface area contributed by atoms with Crippen LogP contribution in [0.25, 0.3) is 0 Å². The summed E-state index contributed by atoms with van der Waals surface area (Å²) in [5.74, 6) is -0.234. The highest BCUT2D eigenvalue weighted by atomic mass is 16.8. The van der Waals surface area contributed by atoms with Gasteiger partial charge < -0.3 is 89.9 Å². The van der Waals surface area contributed by atoms with Gasteiger partial charge in [0.15, 0.2) is 18.9 Å². The summed E-state index contributed by atoms with van der Waals surface area (Å²) in [6.07, 6.45) is 33.4. The second-order valence-electron chi connectivity index (χ2n) is 27.5. The van der Waals surface area contributed by atoms with Crippen LogP contribution in [0.4, 0.5) is 0 Å². The maximum absolute atomic E-state index is 13.5. The van der Waals surface area contributed by atoms with E-state index < -0.39 is 124 Å². The van der Waals surface area contributed by atoms with E-state index in [0.717, 1.165) is 44.9 Å². The van der Waals surface area contributed by atoms with Crippen LogP contribution in [0, 0.1) is 0 Å². The molecule has 3 saturated heterocycles. The third-order valence-electron chi connectivity index (χ3n) is 19.4. The zero-order valence-electron chi connectivity index (χ0n) is 57.4. The lowest BCUT2D eigenvalue weighted by molar-refractivity contribution is -0.379. The predicted molar refractivity (Wildman–Crippen MR) is 356 cm³/mol. The summed E-state index contributed by atoms with van der Waals surface area (Å²) in [5, 5.41) is 121. The van der Waals surface area contributed by atoms with E-state index in [1.807, 2.05) is 0 Å². The highest BCUT2D eigenvalue weighted by molar-refractivity contribution is 5.76. The van der Waals surface area contributed by atoms with Gasteiger partial charge in [-0.25, -0.2) is 0 Å². The molecule has 0 saturated carbocycles. The summed E-state index contributed by atoms with van der Waals surface area (Å²) >= 11 is 0. The fourth-order valence-corrected chi connectivity index (χ4v) is 13.3. The van der Waals surface area contributed by atoms with Gasteiger partial charge in [-0.2, -0.15) is 0 Å². The molecule has 3 aliphatic heterocycles. The Bertz CT molecular complexity index is 1650. The summed E-state index contributed by atoms with van der Waals surface area (Å²) in [6, 6.07) is -0.882. The number of rotatable bonds is 60. The number of unbranched alkanes of at least 4 members (excludes halogenated alkanes) is 44. The van der Waals surface area contributed by atoms with Gasteiger partial charge in [0, 0.05) is 6.42 Å². The first-order valence-corrected chi connectivity index (χ1v) is 37.8. The fourth-order valence-electron chi connectivity index (χ4n) is 13.3. The van der Waals surface area contributed by atoms with Gasteiger partial charge in [-0.05, 0) is 12.8 Å². The molecule has 3 fully saturated rings. The van der Waals surface area contributed by atoms with Gasteiger partial charge in [0.1, 0.15) is 73.2 Å². The van der Waals surface area contributed by atoms with Gasteiger partial charge >= 0.3 is 0 Å². The van der Waals surface area contributed by atoms with E-state index in [1.54, 1.807) is 0 Å². The number of aliphatic hydroxyl groups excluding tert-OH is 11. The van der Waals surface area contributed by atoms with Gasteiger partial charge in [-0.15, -0.1) is 0 Å². The van der Waals surface area contributed by atoms with E-state index in [0.29, 0.717) is 12.8 Å². The molecule has 17 unspecified atom stereocenters. The van der Waals surface area contributed by atoms with Crippen LogP contribution in [0.15, 0.2) is 0 Å². The molecule has 0 radical (unpaired) electrons. The van der Waals surface area contributed by atoms with Crippen LogP contribution in [0.5, 0.6) is 0 Å². The average Bonchev–Trinajstić information content (AvgIpc) is 0.884. The van der Waals surface area contributed by atoms with Crippen molar-refractivity contribution in [2.45, 2.75) is 426 Å². The predicted octanol–water partition coefficient (Wildman–Crippen LogP) is 11.1. The molecular formula is C72H139NO18. The number of hydrogen-bond acceptors (Lipinski definition) is 18. The molecule has 19 heteroatoms. The van der Waals surface area contributed by atoms with E-state index in [1.165, 1.54) is 244 Å². The molecule has 0 aliphatic carbocycles. The van der Waals surface area contributed by atoms with Crippen LogP contribution in [0.1, 0.15) is 322 Å². The first-order chi connectivity index (χ1) is 44.3. The first-order valence-electron chi connectivity index (χ1n) is 37.8. The van der Waals surface area contributed by atoms with Crippen LogP contribution in [-0.4, -0.2) is 193 Å². The van der Waals surface area contributed by atoms with Gasteiger partial charge in [-0.1, -0.05) is 303 Å². The molecule has 0 spiro atoms. The minimum absolute atomic E-state index is 0.234. The number of ether oxygens (including phenoxy) is 6. The minimum Gasteiger partial charge on any atom is -0.394 e. The van der Waals surface area contributed by atoms with E-state index in [4.69, 9.17) is 28.4 Å². The van der Waals surface area contributed by atoms with Crippen molar-refractivity contribution in [3.8, 4) is 0 Å². The number of aliphatic hydroxyl groups is 11. The van der Waals surface area contributed by atoms with Gasteiger partial charge in [0.05, 0.1) is 38.6 Å². The standard InChI is InChI=1S/C72H139NO18/c1-3-5-7-9-11-13-15-17-19-21-22-23-24-25-26-27-28-29-30-31-32-34-36-38-40-42-44-46-48-50-60(78)73-55(56(77)49-47-45-43-41-39-37-35-33-20-18-16-14-12-10-8-6-4-2)54-86-70-66(84)63(81)68(58(52-75)88-70)91-72-67(85)64(82)69(59(53-76)89-72)90-71-65(83)62(80)61(79)57(51-74)87-71/h55-59,61-72,74-77,79-85H,3-54H2,1-2H3,(H,73,78). The lowest BCUT2D eigenvalue weighted by atomic mass is 9.96. The number of hydrogen-bond donors (Lipinski definition) is 12. The summed E-state index contributed by atoms with van der Waals surface area (Å²) in [6.45, 7) is 1.85. The Hall–Kier alpha value is -1.21. The molecule has 17 atom stereocenters. The smallest absolute Gasteiger partial charge is 0.220 e. The van der Waals surface area contributed by atoms with Crippen molar-refractivity contribution in [1.82, 2.24) is 5.32 Å². The number of carbonyl (C=O) groups is 1. The molecule has 1 amide bonds. The van der Waals surface area contributed by atoms with Crippen LogP contribution in [0.3, 0.4) is 0 Å². The normalized spacial score (nSPS) is 27.8. The fraction of sp³-hybridized carbons (Fsp3) is 0.986. The lowest BCUT2D eigenvalue weighted by Crippen LogP contribution is -2.66. The van der Waals surface area contributed by atoms with E-state index >= 15 is 0 Å². The number of amides is 1. The summed E-state index contributed by atoms with van der Waals surface area (Å²) in [5.41, 5.74) is 0. The number of carbonyl (C=O) groups excluding carboxylic acids is 1. The second-order valence-corrected chi connectivity index (χ2v) is 27.5. The first kappa shape index (κ1) is 84.0. The van der Waals surface area contributed by atoms with Crippen LogP contribution >= 0.6 is 0 Å². The average molecular weight is 1310 g/mol. The quantitative estimate of drug-likeness (QED) is 0.0252. The Morgan fingerprint density at radius 3 is 0.956 bits per heavy atom. The molecule has 3 heterocycles. The highest BCUT2D eigenvalue weighted by Crippen LogP contribution is 2.33. The largest absolute Gasteiger partial charge is 0.394 e. The van der Waals surface area contributed by atoms with Crippen LogP contribution in [0.2, 0.25) is 0 Å². The van der Waals surface area contributed by atoms with Gasteiger partial charge in [-0.3, -0.25) is 4.79 Å². The molecule has 3 rings (SSSR count). The molecule has 12 N–H and O–H groups in total. The van der Waals surface area contributed by atoms with Crippen molar-refractivity contribution in [3.63, 3.8) is 0 Å². The highest BCUT2D eigenvalue weighted by Gasteiger charge is 2.53. The molecule has 91 heavy (non-hydrogen) atoms. The SMILES string of the molecule is CCCCCCCCCCCCCCCCCCCCCCCCCCCCCCCC(=O)NC(COC1OC(CO)C(OC2OC(CO)C(OC3OC(CO)C(O)C(O)C3O)C(O)C2O)C(O)C1O)C(O)CCCCCCCCCCCCCCCCCCC. The Balaban J connectivity index is 1.37. The molecule has 540 valence electrons. The Morgan fingerprint density at radius 1 is 0.352 bits per heavy atom. The Morgan fingerprint density at radius 2 is 0.626 bits per heavy atom. The molecule has 0 aromatic heterocycles. The topological polar surface area (TPSA) is 307 Å². The maximum atomic E-state index is 13.5. The Kier molecular flexibility index (Phi) is 50.6. The zero-order chi connectivity index (χ0) is 66.1. The minimum atomic E-state index is -1.97. The summed E-state index contributed by atoms with van der Waals surface area (Å²) in [7, 11) is 0. The van der Waals surface area contributed by atoms with Crippen molar-refractivity contribution >= 4 is 5.91 Å². The second kappa shape index (κ2) is 54.8. The van der Waals surface area contributed by atoms with E-state index in [2.05, 4.69) is 19.2 Å². The van der Waals surface area contributed by atoms with E-state index in [9.17, 15) is 61.0 Å². The summed E-state index contributed by atoms with van der Waals surface area (Å²) in [4.78, 5) is 13.5.